The van der Waals surface area contributed by atoms with Gasteiger partial charge in [-0.2, -0.15) is 5.10 Å². The third-order valence-corrected chi connectivity index (χ3v) is 3.41. The van der Waals surface area contributed by atoms with Crippen LogP contribution in [0.25, 0.3) is 5.69 Å². The van der Waals surface area contributed by atoms with E-state index in [0.29, 0.717) is 5.56 Å². The molecular formula is C13H16BrN5O. The second-order valence-corrected chi connectivity index (χ2v) is 5.13. The van der Waals surface area contributed by atoms with E-state index in [2.05, 4.69) is 31.2 Å². The third kappa shape index (κ3) is 2.67. The minimum atomic E-state index is 0.0388. The van der Waals surface area contributed by atoms with Crippen LogP contribution in [0, 0.1) is 0 Å². The number of aromatic nitrogens is 3. The van der Waals surface area contributed by atoms with E-state index in [0.717, 1.165) is 34.7 Å². The molecule has 1 heterocycles. The number of benzene rings is 1. The Hall–Kier alpha value is -1.89. The molecule has 7 heteroatoms. The minimum Gasteiger partial charge on any atom is -0.409 e. The first-order valence-electron chi connectivity index (χ1n) is 6.33. The number of nitrogens with zero attached hydrogens (tertiary/aromatic N) is 4. The largest absolute Gasteiger partial charge is 0.409 e. The molecule has 0 aliphatic heterocycles. The first-order chi connectivity index (χ1) is 9.60. The van der Waals surface area contributed by atoms with E-state index in [1.807, 2.05) is 26.0 Å². The van der Waals surface area contributed by atoms with Gasteiger partial charge in [0.2, 0.25) is 0 Å². The van der Waals surface area contributed by atoms with E-state index in [9.17, 15) is 0 Å². The molecule has 6 nitrogen and oxygen atoms in total. The molecule has 0 amide bonds. The van der Waals surface area contributed by atoms with Crippen molar-refractivity contribution in [1.29, 1.82) is 0 Å². The molecule has 0 saturated carbocycles. The highest BCUT2D eigenvalue weighted by molar-refractivity contribution is 9.10. The summed E-state index contributed by atoms with van der Waals surface area (Å²) in [6.45, 7) is 4.02. The lowest BCUT2D eigenvalue weighted by atomic mass is 10.1. The van der Waals surface area contributed by atoms with Crippen LogP contribution in [0.5, 0.6) is 0 Å². The van der Waals surface area contributed by atoms with E-state index in [1.165, 1.54) is 0 Å². The number of hydrogen-bond donors (Lipinski definition) is 2. The number of nitrogens with two attached hydrogens (primary N) is 1. The highest BCUT2D eigenvalue weighted by Crippen LogP contribution is 2.21. The highest BCUT2D eigenvalue weighted by atomic mass is 79.9. The van der Waals surface area contributed by atoms with Crippen molar-refractivity contribution in [2.24, 2.45) is 10.9 Å². The Morgan fingerprint density at radius 3 is 2.75 bits per heavy atom. The summed E-state index contributed by atoms with van der Waals surface area (Å²) in [4.78, 5) is 4.47. The number of amidine groups is 1. The molecule has 0 aliphatic carbocycles. The number of hydrogen-bond acceptors (Lipinski definition) is 4. The number of rotatable bonds is 4. The van der Waals surface area contributed by atoms with Gasteiger partial charge in [-0.25, -0.2) is 9.67 Å². The first kappa shape index (κ1) is 14.5. The normalized spacial score (nSPS) is 11.8. The molecule has 3 N–H and O–H groups in total. The lowest BCUT2D eigenvalue weighted by molar-refractivity contribution is 0.318. The van der Waals surface area contributed by atoms with Crippen LogP contribution in [-0.2, 0) is 12.8 Å². The molecule has 106 valence electrons. The zero-order valence-electron chi connectivity index (χ0n) is 11.3. The lowest BCUT2D eigenvalue weighted by Crippen LogP contribution is -2.17. The molecule has 0 saturated heterocycles. The van der Waals surface area contributed by atoms with Crippen LogP contribution in [0.3, 0.4) is 0 Å². The smallest absolute Gasteiger partial charge is 0.172 e. The maximum absolute atomic E-state index is 8.93. The van der Waals surface area contributed by atoms with Gasteiger partial charge < -0.3 is 10.9 Å². The Morgan fingerprint density at radius 2 is 2.15 bits per heavy atom. The van der Waals surface area contributed by atoms with Gasteiger partial charge >= 0.3 is 0 Å². The molecule has 2 rings (SSSR count). The second-order valence-electron chi connectivity index (χ2n) is 4.21. The van der Waals surface area contributed by atoms with Crippen molar-refractivity contribution >= 4 is 21.8 Å². The van der Waals surface area contributed by atoms with E-state index >= 15 is 0 Å². The van der Waals surface area contributed by atoms with Gasteiger partial charge in [0, 0.05) is 22.9 Å². The van der Waals surface area contributed by atoms with Gasteiger partial charge in [0.1, 0.15) is 5.82 Å². The van der Waals surface area contributed by atoms with Gasteiger partial charge in [-0.15, -0.1) is 0 Å². The summed E-state index contributed by atoms with van der Waals surface area (Å²) in [5.74, 6) is 1.66. The number of aryl methyl sites for hydroxylation is 2. The van der Waals surface area contributed by atoms with Gasteiger partial charge in [-0.1, -0.05) is 34.9 Å². The maximum Gasteiger partial charge on any atom is 0.172 e. The monoisotopic (exact) mass is 337 g/mol. The van der Waals surface area contributed by atoms with Crippen LogP contribution in [0.4, 0.5) is 0 Å². The van der Waals surface area contributed by atoms with E-state index < -0.39 is 0 Å². The fraction of sp³-hybridized carbons (Fsp3) is 0.308. The van der Waals surface area contributed by atoms with Crippen molar-refractivity contribution in [3.8, 4) is 5.69 Å². The average molecular weight is 338 g/mol. The summed E-state index contributed by atoms with van der Waals surface area (Å²) >= 11 is 3.38. The van der Waals surface area contributed by atoms with Gasteiger partial charge in [-0.3, -0.25) is 0 Å². The molecule has 0 spiro atoms. The molecule has 1 aromatic carbocycles. The Bertz CT molecular complexity index is 650. The van der Waals surface area contributed by atoms with Crippen LogP contribution in [0.1, 0.15) is 31.1 Å². The van der Waals surface area contributed by atoms with Gasteiger partial charge in [-0.05, 0) is 18.2 Å². The lowest BCUT2D eigenvalue weighted by Gasteiger charge is -2.10. The zero-order valence-corrected chi connectivity index (χ0v) is 12.9. The third-order valence-electron chi connectivity index (χ3n) is 2.92. The van der Waals surface area contributed by atoms with Gasteiger partial charge in [0.15, 0.2) is 11.7 Å². The molecule has 0 unspecified atom stereocenters. The van der Waals surface area contributed by atoms with Crippen molar-refractivity contribution < 1.29 is 5.21 Å². The van der Waals surface area contributed by atoms with Crippen LogP contribution in [-0.4, -0.2) is 25.8 Å². The van der Waals surface area contributed by atoms with Crippen LogP contribution in [0.2, 0.25) is 0 Å². The molecule has 0 atom stereocenters. The molecule has 20 heavy (non-hydrogen) atoms. The zero-order chi connectivity index (χ0) is 14.7. The molecule has 2 aromatic rings. The van der Waals surface area contributed by atoms with Crippen LogP contribution < -0.4 is 5.73 Å². The maximum atomic E-state index is 8.93. The van der Waals surface area contributed by atoms with Gasteiger partial charge in [0.05, 0.1) is 5.69 Å². The summed E-state index contributed by atoms with van der Waals surface area (Å²) in [5, 5.41) is 16.5. The summed E-state index contributed by atoms with van der Waals surface area (Å²) in [6, 6.07) is 5.54. The number of oxime groups is 1. The Labute approximate surface area is 125 Å². The van der Waals surface area contributed by atoms with E-state index in [4.69, 9.17) is 10.9 Å². The van der Waals surface area contributed by atoms with Crippen LogP contribution >= 0.6 is 15.9 Å². The quantitative estimate of drug-likeness (QED) is 0.387. The summed E-state index contributed by atoms with van der Waals surface area (Å²) in [6.07, 6.45) is 1.51. The molecule has 0 radical (unpaired) electrons. The van der Waals surface area contributed by atoms with Crippen molar-refractivity contribution in [3.05, 3.63) is 39.9 Å². The highest BCUT2D eigenvalue weighted by Gasteiger charge is 2.15. The van der Waals surface area contributed by atoms with Crippen LogP contribution in [0.15, 0.2) is 27.8 Å². The van der Waals surface area contributed by atoms with Gasteiger partial charge in [0.25, 0.3) is 0 Å². The average Bonchev–Trinajstić information content (AvgIpc) is 2.89. The Kier molecular flexibility index (Phi) is 4.39. The molecular weight excluding hydrogens is 322 g/mol. The Balaban J connectivity index is 2.66. The van der Waals surface area contributed by atoms with E-state index in [-0.39, 0.29) is 5.84 Å². The molecule has 0 bridgehead atoms. The summed E-state index contributed by atoms with van der Waals surface area (Å²) < 4.78 is 2.59. The standard InChI is InChI=1S/C13H16BrN5O/c1-3-11-16-12(4-2)19(17-11)10-6-5-8(14)7-9(10)13(15)18-20/h5-7,20H,3-4H2,1-2H3,(H2,15,18). The van der Waals surface area contributed by atoms with Crippen molar-refractivity contribution in [3.63, 3.8) is 0 Å². The fourth-order valence-corrected chi connectivity index (χ4v) is 2.28. The Morgan fingerprint density at radius 1 is 1.40 bits per heavy atom. The predicted molar refractivity (Wildman–Crippen MR) is 80.3 cm³/mol. The summed E-state index contributed by atoms with van der Waals surface area (Å²) in [5.41, 5.74) is 7.09. The first-order valence-corrected chi connectivity index (χ1v) is 7.12. The topological polar surface area (TPSA) is 89.3 Å². The summed E-state index contributed by atoms with van der Waals surface area (Å²) in [7, 11) is 0. The second kappa shape index (κ2) is 6.04. The van der Waals surface area contributed by atoms with Crippen molar-refractivity contribution in [2.45, 2.75) is 26.7 Å². The minimum absolute atomic E-state index is 0.0388. The molecule has 1 aromatic heterocycles. The van der Waals surface area contributed by atoms with Crippen molar-refractivity contribution in [2.75, 3.05) is 0 Å². The predicted octanol–water partition coefficient (Wildman–Crippen LogP) is 2.25. The number of halogens is 1. The van der Waals surface area contributed by atoms with E-state index in [1.54, 1.807) is 10.7 Å². The van der Waals surface area contributed by atoms with Crippen molar-refractivity contribution in [1.82, 2.24) is 14.8 Å². The fourth-order valence-electron chi connectivity index (χ4n) is 1.92. The molecule has 0 aliphatic rings. The SMILES string of the molecule is CCc1nc(CC)n(-c2ccc(Br)cc2/C(N)=N/O)n1. The molecule has 0 fully saturated rings.